The van der Waals surface area contributed by atoms with Crippen LogP contribution in [0.1, 0.15) is 5.76 Å². The average molecular weight is 268 g/mol. The molecule has 100 valence electrons. The van der Waals surface area contributed by atoms with Crippen molar-refractivity contribution in [3.05, 3.63) is 42.4 Å². The molecule has 0 fully saturated rings. The minimum absolute atomic E-state index is 0.186. The Labute approximate surface area is 115 Å². The number of benzene rings is 1. The van der Waals surface area contributed by atoms with E-state index in [9.17, 15) is 0 Å². The number of hydrogen-bond donors (Lipinski definition) is 1. The zero-order valence-electron chi connectivity index (χ0n) is 10.6. The van der Waals surface area contributed by atoms with E-state index in [1.165, 1.54) is 0 Å². The lowest BCUT2D eigenvalue weighted by atomic mass is 10.2. The molecule has 0 amide bonds. The smallest absolute Gasteiger partial charge is 0.246 e. The van der Waals surface area contributed by atoms with Crippen LogP contribution in [0.25, 0.3) is 11.0 Å². The lowest BCUT2D eigenvalue weighted by Gasteiger charge is -2.04. The van der Waals surface area contributed by atoms with Crippen LogP contribution in [0.5, 0.6) is 5.75 Å². The second kappa shape index (κ2) is 4.97. The molecule has 2 aromatic heterocycles. The van der Waals surface area contributed by atoms with Crippen LogP contribution in [0, 0.1) is 11.3 Å². The number of nitriles is 1. The van der Waals surface area contributed by atoms with Crippen molar-refractivity contribution in [2.45, 2.75) is 6.54 Å². The van der Waals surface area contributed by atoms with Crippen LogP contribution >= 0.6 is 0 Å². The molecule has 2 heterocycles. The first-order valence-electron chi connectivity index (χ1n) is 6.10. The molecule has 0 saturated heterocycles. The van der Waals surface area contributed by atoms with Crippen LogP contribution in [-0.4, -0.2) is 16.4 Å². The van der Waals surface area contributed by atoms with Gasteiger partial charge >= 0.3 is 0 Å². The fourth-order valence-corrected chi connectivity index (χ4v) is 1.98. The third kappa shape index (κ3) is 2.17. The van der Waals surface area contributed by atoms with Crippen molar-refractivity contribution in [1.29, 1.82) is 5.26 Å². The third-order valence-corrected chi connectivity index (χ3v) is 2.87. The van der Waals surface area contributed by atoms with E-state index < -0.39 is 0 Å². The highest BCUT2D eigenvalue weighted by molar-refractivity contribution is 5.86. The van der Waals surface area contributed by atoms with E-state index in [2.05, 4.69) is 5.10 Å². The summed E-state index contributed by atoms with van der Waals surface area (Å²) in [6.45, 7) is 0.918. The van der Waals surface area contributed by atoms with E-state index in [1.54, 1.807) is 23.1 Å². The number of rotatable bonds is 4. The molecule has 0 aliphatic rings. The molecule has 0 aliphatic heterocycles. The summed E-state index contributed by atoms with van der Waals surface area (Å²) in [6.07, 6.45) is 3.30. The first kappa shape index (κ1) is 12.1. The molecule has 20 heavy (non-hydrogen) atoms. The Morgan fingerprint density at radius 3 is 3.00 bits per heavy atom. The quantitative estimate of drug-likeness (QED) is 0.783. The lowest BCUT2D eigenvalue weighted by Crippen LogP contribution is -2.08. The molecule has 0 aliphatic carbocycles. The van der Waals surface area contributed by atoms with Crippen molar-refractivity contribution < 1.29 is 9.15 Å². The third-order valence-electron chi connectivity index (χ3n) is 2.87. The van der Waals surface area contributed by atoms with Gasteiger partial charge in [0.25, 0.3) is 0 Å². The largest absolute Gasteiger partial charge is 0.486 e. The zero-order valence-corrected chi connectivity index (χ0v) is 10.6. The van der Waals surface area contributed by atoms with E-state index >= 15 is 0 Å². The Morgan fingerprint density at radius 2 is 2.25 bits per heavy atom. The van der Waals surface area contributed by atoms with Gasteiger partial charge in [-0.1, -0.05) is 12.1 Å². The zero-order chi connectivity index (χ0) is 13.9. The van der Waals surface area contributed by atoms with Gasteiger partial charge in [0.1, 0.15) is 18.3 Å². The van der Waals surface area contributed by atoms with E-state index in [0.717, 1.165) is 5.39 Å². The molecular formula is C14H12N4O2. The van der Waals surface area contributed by atoms with Crippen molar-refractivity contribution in [2.24, 2.45) is 0 Å². The van der Waals surface area contributed by atoms with Gasteiger partial charge in [-0.2, -0.15) is 10.4 Å². The molecule has 0 bridgehead atoms. The summed E-state index contributed by atoms with van der Waals surface area (Å²) >= 11 is 0. The Bertz CT molecular complexity index is 782. The van der Waals surface area contributed by atoms with E-state index in [0.29, 0.717) is 30.2 Å². The number of fused-ring (bicyclic) bond motifs is 1. The molecular weight excluding hydrogens is 256 g/mol. The van der Waals surface area contributed by atoms with Crippen LogP contribution in [0.2, 0.25) is 0 Å². The molecule has 2 N–H and O–H groups in total. The summed E-state index contributed by atoms with van der Waals surface area (Å²) in [5.41, 5.74) is 6.83. The Balaban J connectivity index is 1.78. The highest BCUT2D eigenvalue weighted by Crippen LogP contribution is 2.32. The molecule has 0 atom stereocenters. The molecule has 3 aromatic rings. The summed E-state index contributed by atoms with van der Waals surface area (Å²) in [5.74, 6) is 0.661. The molecule has 0 radical (unpaired) electrons. The lowest BCUT2D eigenvalue weighted by molar-refractivity contribution is 0.289. The summed E-state index contributed by atoms with van der Waals surface area (Å²) in [4.78, 5) is 0. The van der Waals surface area contributed by atoms with Crippen LogP contribution < -0.4 is 10.5 Å². The minimum Gasteiger partial charge on any atom is -0.486 e. The molecule has 6 heteroatoms. The van der Waals surface area contributed by atoms with Crippen LogP contribution in [0.4, 0.5) is 5.69 Å². The summed E-state index contributed by atoms with van der Waals surface area (Å²) in [6, 6.07) is 9.39. The highest BCUT2D eigenvalue weighted by atomic mass is 16.5. The summed E-state index contributed by atoms with van der Waals surface area (Å²) < 4.78 is 12.8. The van der Waals surface area contributed by atoms with E-state index in [1.807, 2.05) is 24.3 Å². The Kier molecular flexibility index (Phi) is 3.01. The first-order valence-corrected chi connectivity index (χ1v) is 6.10. The van der Waals surface area contributed by atoms with Crippen molar-refractivity contribution in [1.82, 2.24) is 9.78 Å². The van der Waals surface area contributed by atoms with Crippen molar-refractivity contribution in [3.8, 4) is 11.8 Å². The van der Waals surface area contributed by atoms with Gasteiger partial charge in [0.2, 0.25) is 5.76 Å². The number of nitrogen functional groups attached to an aromatic ring is 1. The summed E-state index contributed by atoms with van der Waals surface area (Å²) in [5, 5.41) is 13.9. The number of furan rings is 1. The van der Waals surface area contributed by atoms with Crippen LogP contribution in [0.3, 0.4) is 0 Å². The van der Waals surface area contributed by atoms with Gasteiger partial charge in [0.05, 0.1) is 23.8 Å². The maximum Gasteiger partial charge on any atom is 0.246 e. The number of hydrogen-bond acceptors (Lipinski definition) is 5. The van der Waals surface area contributed by atoms with E-state index in [-0.39, 0.29) is 5.76 Å². The van der Waals surface area contributed by atoms with E-state index in [4.69, 9.17) is 20.1 Å². The Morgan fingerprint density at radius 1 is 1.40 bits per heavy atom. The van der Waals surface area contributed by atoms with Gasteiger partial charge < -0.3 is 14.9 Å². The monoisotopic (exact) mass is 268 g/mol. The summed E-state index contributed by atoms with van der Waals surface area (Å²) in [7, 11) is 0. The first-order chi connectivity index (χ1) is 9.78. The highest BCUT2D eigenvalue weighted by Gasteiger charge is 2.14. The van der Waals surface area contributed by atoms with Crippen LogP contribution in [0.15, 0.2) is 41.1 Å². The maximum atomic E-state index is 9.08. The average Bonchev–Trinajstić information content (AvgIpc) is 3.03. The van der Waals surface area contributed by atoms with Gasteiger partial charge in [0.15, 0.2) is 5.75 Å². The number of nitrogens with zero attached hydrogens (tertiary/aromatic N) is 3. The predicted octanol–water partition coefficient (Wildman–Crippen LogP) is 2.16. The molecule has 0 spiro atoms. The Hall–Kier alpha value is -2.94. The van der Waals surface area contributed by atoms with Gasteiger partial charge in [-0.05, 0) is 12.1 Å². The normalized spacial score (nSPS) is 10.6. The number of anilines is 1. The van der Waals surface area contributed by atoms with Crippen molar-refractivity contribution in [2.75, 3.05) is 12.3 Å². The SMILES string of the molecule is N#Cc1oc2ccccc2c1OCCn1cc(N)cn1. The second-order valence-electron chi connectivity index (χ2n) is 4.25. The number of para-hydroxylation sites is 1. The maximum absolute atomic E-state index is 9.08. The van der Waals surface area contributed by atoms with Gasteiger partial charge in [-0.3, -0.25) is 4.68 Å². The fraction of sp³-hybridized carbons (Fsp3) is 0.143. The van der Waals surface area contributed by atoms with Gasteiger partial charge in [0, 0.05) is 6.20 Å². The molecule has 1 aromatic carbocycles. The van der Waals surface area contributed by atoms with Gasteiger partial charge in [-0.15, -0.1) is 0 Å². The molecule has 0 saturated carbocycles. The topological polar surface area (TPSA) is 90.0 Å². The standard InChI is InChI=1S/C14H12N4O2/c15-7-13-14(11-3-1-2-4-12(11)20-13)19-6-5-18-9-10(16)8-17-18/h1-4,8-9H,5-6,16H2. The van der Waals surface area contributed by atoms with Gasteiger partial charge in [-0.25, -0.2) is 0 Å². The molecule has 6 nitrogen and oxygen atoms in total. The fourth-order valence-electron chi connectivity index (χ4n) is 1.98. The minimum atomic E-state index is 0.186. The molecule has 0 unspecified atom stereocenters. The second-order valence-corrected chi connectivity index (χ2v) is 4.25. The molecule has 3 rings (SSSR count). The van der Waals surface area contributed by atoms with Crippen molar-refractivity contribution in [3.63, 3.8) is 0 Å². The predicted molar refractivity (Wildman–Crippen MR) is 73.1 cm³/mol. The number of nitrogens with two attached hydrogens (primary N) is 1. The number of aromatic nitrogens is 2. The van der Waals surface area contributed by atoms with Crippen molar-refractivity contribution >= 4 is 16.7 Å². The number of ether oxygens (including phenoxy) is 1. The van der Waals surface area contributed by atoms with Crippen LogP contribution in [-0.2, 0) is 6.54 Å².